The van der Waals surface area contributed by atoms with Gasteiger partial charge in [-0.3, -0.25) is 9.05 Å². The van der Waals surface area contributed by atoms with Gasteiger partial charge in [0.1, 0.15) is 48.4 Å². The highest BCUT2D eigenvalue weighted by Gasteiger charge is 2.58. The van der Waals surface area contributed by atoms with Gasteiger partial charge in [-0.25, -0.2) is 14.1 Å². The van der Waals surface area contributed by atoms with E-state index >= 15 is 0 Å². The minimum Gasteiger partial charge on any atom is -0.387 e. The number of benzene rings is 1. The molecule has 1 saturated heterocycles. The van der Waals surface area contributed by atoms with Gasteiger partial charge >= 0.3 is 7.82 Å². The third-order valence-corrected chi connectivity index (χ3v) is 11.7. The number of hydrogen-bond acceptors (Lipinski definition) is 13. The number of ether oxygens (including phenoxy) is 3. The van der Waals surface area contributed by atoms with Crippen LogP contribution < -0.4 is 5.73 Å². The molecule has 320 valence electrons. The van der Waals surface area contributed by atoms with E-state index < -0.39 is 51.1 Å². The monoisotopic (exact) mass is 846 g/mol. The van der Waals surface area contributed by atoms with Crippen LogP contribution in [-0.4, -0.2) is 80.5 Å². The molecular weight excluding hydrogens is 787 g/mol. The molecule has 0 bridgehead atoms. The molecule has 17 heteroatoms. The maximum atomic E-state index is 13.0. The summed E-state index contributed by atoms with van der Waals surface area (Å²) in [6.07, 6.45) is 15.7. The first-order chi connectivity index (χ1) is 28.0. The molecule has 5 N–H and O–H groups in total. The van der Waals surface area contributed by atoms with Gasteiger partial charge in [0, 0.05) is 6.61 Å². The van der Waals surface area contributed by atoms with Crippen molar-refractivity contribution < 1.29 is 42.9 Å². The molecule has 1 fully saturated rings. The van der Waals surface area contributed by atoms with Crippen LogP contribution in [0.4, 0.5) is 5.82 Å². The lowest BCUT2D eigenvalue weighted by Crippen LogP contribution is -2.41. The largest absolute Gasteiger partial charge is 0.472 e. The zero-order chi connectivity index (χ0) is 41.8. The molecule has 6 atom stereocenters. The molecule has 1 aromatic carbocycles. The lowest BCUT2D eigenvalue weighted by atomic mass is 9.92. The van der Waals surface area contributed by atoms with Crippen molar-refractivity contribution in [3.8, 4) is 12.1 Å². The van der Waals surface area contributed by atoms with Gasteiger partial charge in [0.05, 0.1) is 42.7 Å². The van der Waals surface area contributed by atoms with Crippen molar-refractivity contribution in [2.24, 2.45) is 0 Å². The summed E-state index contributed by atoms with van der Waals surface area (Å²) in [6.45, 7) is 1.71. The first-order valence-electron chi connectivity index (χ1n) is 20.6. The predicted octanol–water partition coefficient (Wildman–Crippen LogP) is 7.67. The number of phosphoric acid groups is 1. The first-order valence-corrected chi connectivity index (χ1v) is 22.5. The Balaban J connectivity index is 1.20. The number of aliphatic hydroxyl groups excluding tert-OH is 2. The topological polar surface area (TPSA) is 228 Å². The fourth-order valence-electron chi connectivity index (χ4n) is 7.01. The van der Waals surface area contributed by atoms with E-state index in [4.69, 9.17) is 40.6 Å². The molecule has 3 heterocycles. The highest BCUT2D eigenvalue weighted by atomic mass is 35.5. The Labute approximate surface area is 347 Å². The van der Waals surface area contributed by atoms with Crippen LogP contribution in [0.5, 0.6) is 0 Å². The lowest BCUT2D eigenvalue weighted by molar-refractivity contribution is -0.0690. The number of fused-ring (bicyclic) bond motifs is 1. The van der Waals surface area contributed by atoms with E-state index in [9.17, 15) is 30.2 Å². The Hall–Kier alpha value is -3.18. The smallest absolute Gasteiger partial charge is 0.387 e. The van der Waals surface area contributed by atoms with Crippen LogP contribution in [0.1, 0.15) is 126 Å². The minimum absolute atomic E-state index is 0.0418. The van der Waals surface area contributed by atoms with E-state index in [0.29, 0.717) is 22.7 Å². The van der Waals surface area contributed by atoms with Crippen molar-refractivity contribution in [2.75, 3.05) is 32.2 Å². The number of nitrogen functional groups attached to an aromatic ring is 1. The van der Waals surface area contributed by atoms with Crippen LogP contribution in [0.25, 0.3) is 5.52 Å². The average molecular weight is 847 g/mol. The van der Waals surface area contributed by atoms with Crippen LogP contribution in [0.15, 0.2) is 36.7 Å². The summed E-state index contributed by atoms with van der Waals surface area (Å²) in [4.78, 5) is 14.5. The van der Waals surface area contributed by atoms with Crippen molar-refractivity contribution >= 4 is 30.8 Å². The molecule has 1 unspecified atom stereocenters. The number of hydrogen-bond donors (Lipinski definition) is 4. The van der Waals surface area contributed by atoms with Crippen molar-refractivity contribution in [2.45, 2.75) is 146 Å². The molecule has 3 aromatic rings. The van der Waals surface area contributed by atoms with E-state index in [-0.39, 0.29) is 30.3 Å². The fraction of sp³-hybridized carbons (Fsp3) is 0.659. The van der Waals surface area contributed by atoms with Crippen molar-refractivity contribution in [1.82, 2.24) is 14.6 Å². The number of anilines is 1. The standard InChI is InChI=1S/C41H60ClN6O9P/c1-2-3-4-5-6-7-8-9-10-11-12-13-14-15-16-17-22-53-26-33(54-25-31-18-19-34(42)32(23-31)24-43)27-55-58(51,52)56-28-36-38(49)39(50)41(29-44,57-36)37-21-20-35-40(45)46-30-47-48(35)37/h18-21,23,30,33,36,38-39,49-50H,2-17,22,25-28H2,1H3,(H,51,52)(H2,45,46,47)/t33-,36-,38-,39-,41+/m1/s1. The van der Waals surface area contributed by atoms with E-state index in [2.05, 4.69) is 17.0 Å². The molecule has 58 heavy (non-hydrogen) atoms. The maximum Gasteiger partial charge on any atom is 0.472 e. The molecule has 4 rings (SSSR count). The van der Waals surface area contributed by atoms with E-state index in [0.717, 1.165) is 25.6 Å². The Bertz CT molecular complexity index is 1820. The van der Waals surface area contributed by atoms with Crippen molar-refractivity contribution in [3.63, 3.8) is 0 Å². The van der Waals surface area contributed by atoms with E-state index in [1.54, 1.807) is 18.2 Å². The number of rotatable bonds is 29. The van der Waals surface area contributed by atoms with Crippen LogP contribution >= 0.6 is 19.4 Å². The average Bonchev–Trinajstić information content (AvgIpc) is 3.77. The Morgan fingerprint density at radius 3 is 2.21 bits per heavy atom. The van der Waals surface area contributed by atoms with E-state index in [1.165, 1.54) is 100 Å². The van der Waals surface area contributed by atoms with Gasteiger partial charge < -0.3 is 35.1 Å². The second-order valence-corrected chi connectivity index (χ2v) is 16.8. The number of aromatic nitrogens is 3. The Morgan fingerprint density at radius 1 is 0.948 bits per heavy atom. The third kappa shape index (κ3) is 14.2. The maximum absolute atomic E-state index is 13.0. The third-order valence-electron chi connectivity index (χ3n) is 10.4. The van der Waals surface area contributed by atoms with Crippen LogP contribution in [0.2, 0.25) is 5.02 Å². The molecule has 0 radical (unpaired) electrons. The van der Waals surface area contributed by atoms with Gasteiger partial charge in [-0.15, -0.1) is 0 Å². The highest BCUT2D eigenvalue weighted by molar-refractivity contribution is 7.47. The number of unbranched alkanes of at least 4 members (excludes halogenated alkanes) is 15. The molecule has 1 aliphatic heterocycles. The SMILES string of the molecule is CCCCCCCCCCCCCCCCCCOC[C@H](COP(=O)(O)OC[C@H]1O[C@@](C#N)(c2ccc3c(N)ncnn23)[C@H](O)[C@@H]1O)OCc1ccc(Cl)c(C#N)c1. The Morgan fingerprint density at radius 2 is 1.59 bits per heavy atom. The Kier molecular flexibility index (Phi) is 20.3. The molecule has 0 spiro atoms. The number of nitrogens with zero attached hydrogens (tertiary/aromatic N) is 5. The molecular formula is C41H60ClN6O9P. The molecule has 0 saturated carbocycles. The number of nitrogens with two attached hydrogens (primary N) is 1. The number of phosphoric ester groups is 1. The highest BCUT2D eigenvalue weighted by Crippen LogP contribution is 2.46. The second kappa shape index (κ2) is 24.8. The molecule has 0 amide bonds. The summed E-state index contributed by atoms with van der Waals surface area (Å²) in [5.41, 5.74) is 5.15. The molecule has 0 aliphatic carbocycles. The van der Waals surface area contributed by atoms with Crippen LogP contribution in [0, 0.1) is 22.7 Å². The van der Waals surface area contributed by atoms with Gasteiger partial charge in [-0.1, -0.05) is 121 Å². The van der Waals surface area contributed by atoms with Crippen molar-refractivity contribution in [3.05, 3.63) is 58.5 Å². The van der Waals surface area contributed by atoms with Crippen molar-refractivity contribution in [1.29, 1.82) is 10.5 Å². The van der Waals surface area contributed by atoms with Gasteiger partial charge in [0.15, 0.2) is 5.82 Å². The summed E-state index contributed by atoms with van der Waals surface area (Å²) in [5.74, 6) is 0.119. The van der Waals surface area contributed by atoms with Gasteiger partial charge in [-0.2, -0.15) is 15.6 Å². The lowest BCUT2D eigenvalue weighted by Gasteiger charge is -2.24. The summed E-state index contributed by atoms with van der Waals surface area (Å²) in [7, 11) is -4.79. The quantitative estimate of drug-likeness (QED) is 0.0388. The predicted molar refractivity (Wildman–Crippen MR) is 218 cm³/mol. The molecule has 1 aliphatic rings. The zero-order valence-electron chi connectivity index (χ0n) is 33.6. The summed E-state index contributed by atoms with van der Waals surface area (Å²) in [6, 6.07) is 11.8. The molecule has 15 nitrogen and oxygen atoms in total. The fourth-order valence-corrected chi connectivity index (χ4v) is 7.93. The zero-order valence-corrected chi connectivity index (χ0v) is 35.2. The number of nitriles is 2. The minimum atomic E-state index is -4.79. The van der Waals surface area contributed by atoms with Gasteiger partial charge in [0.2, 0.25) is 5.60 Å². The van der Waals surface area contributed by atoms with E-state index in [1.807, 2.05) is 12.1 Å². The van der Waals surface area contributed by atoms with Gasteiger partial charge in [0.25, 0.3) is 0 Å². The first kappa shape index (κ1) is 47.5. The summed E-state index contributed by atoms with van der Waals surface area (Å²) < 4.78 is 42.5. The van der Waals surface area contributed by atoms with Crippen LogP contribution in [0.3, 0.4) is 0 Å². The summed E-state index contributed by atoms with van der Waals surface area (Å²) in [5, 5.41) is 45.7. The number of aliphatic hydroxyl groups is 2. The molecule has 2 aromatic heterocycles. The van der Waals surface area contributed by atoms with Gasteiger partial charge in [-0.05, 0) is 36.2 Å². The normalized spacial score (nSPS) is 20.8. The second-order valence-electron chi connectivity index (χ2n) is 14.9. The number of halogens is 1. The summed E-state index contributed by atoms with van der Waals surface area (Å²) >= 11 is 6.08. The van der Waals surface area contributed by atoms with Crippen LogP contribution in [-0.2, 0) is 40.0 Å².